The maximum absolute atomic E-state index is 11.6. The smallest absolute Gasteiger partial charge is 0.220 e. The number of rotatable bonds is 8. The number of halogens is 1. The van der Waals surface area contributed by atoms with E-state index in [2.05, 4.69) is 28.2 Å². The summed E-state index contributed by atoms with van der Waals surface area (Å²) < 4.78 is 5.10. The van der Waals surface area contributed by atoms with Crippen LogP contribution in [0.3, 0.4) is 0 Å². The third-order valence-corrected chi connectivity index (χ3v) is 3.36. The average Bonchev–Trinajstić information content (AvgIpc) is 2.41. The molecule has 0 fully saturated rings. The number of benzene rings is 1. The quantitative estimate of drug-likeness (QED) is 0.587. The topological polar surface area (TPSA) is 38.3 Å². The van der Waals surface area contributed by atoms with E-state index in [9.17, 15) is 4.79 Å². The lowest BCUT2D eigenvalue weighted by molar-refractivity contribution is -0.121. The Morgan fingerprint density at radius 3 is 2.63 bits per heavy atom. The van der Waals surface area contributed by atoms with E-state index in [0.717, 1.165) is 37.1 Å². The Morgan fingerprint density at radius 1 is 1.37 bits per heavy atom. The van der Waals surface area contributed by atoms with Gasteiger partial charge < -0.3 is 10.1 Å². The van der Waals surface area contributed by atoms with Crippen LogP contribution in [0.15, 0.2) is 24.3 Å². The highest BCUT2D eigenvalue weighted by Crippen LogP contribution is 2.12. The van der Waals surface area contributed by atoms with Crippen molar-refractivity contribution in [2.24, 2.45) is 0 Å². The third-order valence-electron chi connectivity index (χ3n) is 2.90. The first-order valence-corrected chi connectivity index (χ1v) is 7.57. The molecule has 0 aliphatic rings. The van der Waals surface area contributed by atoms with Crippen LogP contribution in [-0.4, -0.2) is 24.4 Å². The Labute approximate surface area is 123 Å². The maximum Gasteiger partial charge on any atom is 0.220 e. The number of ether oxygens (including phenoxy) is 1. The molecule has 0 heterocycles. The average molecular weight is 328 g/mol. The molecule has 0 radical (unpaired) electrons. The van der Waals surface area contributed by atoms with Gasteiger partial charge in [0.2, 0.25) is 5.91 Å². The van der Waals surface area contributed by atoms with Gasteiger partial charge in [0.25, 0.3) is 0 Å². The minimum Gasteiger partial charge on any atom is -0.497 e. The minimum atomic E-state index is 0.123. The van der Waals surface area contributed by atoms with E-state index in [1.807, 2.05) is 24.3 Å². The third kappa shape index (κ3) is 7.21. The molecule has 4 heteroatoms. The van der Waals surface area contributed by atoms with E-state index in [1.165, 1.54) is 0 Å². The molecular weight excluding hydrogens is 306 g/mol. The molecule has 0 spiro atoms. The van der Waals surface area contributed by atoms with Gasteiger partial charge in [-0.05, 0) is 37.0 Å². The molecule has 1 atom stereocenters. The maximum atomic E-state index is 11.6. The van der Waals surface area contributed by atoms with Crippen LogP contribution < -0.4 is 10.1 Å². The lowest BCUT2D eigenvalue weighted by Crippen LogP contribution is -2.24. The van der Waals surface area contributed by atoms with E-state index in [-0.39, 0.29) is 5.91 Å². The Hall–Kier alpha value is -1.03. The molecule has 0 bridgehead atoms. The monoisotopic (exact) mass is 327 g/mol. The van der Waals surface area contributed by atoms with Crippen LogP contribution in [0.5, 0.6) is 5.75 Å². The highest BCUT2D eigenvalue weighted by atomic mass is 79.9. The number of amides is 1. The molecule has 3 nitrogen and oxygen atoms in total. The number of aryl methyl sites for hydroxylation is 1. The normalized spacial score (nSPS) is 11.9. The first-order chi connectivity index (χ1) is 9.11. The molecule has 0 saturated heterocycles. The predicted octanol–water partition coefficient (Wildman–Crippen LogP) is 3.31. The molecule has 106 valence electrons. The van der Waals surface area contributed by atoms with Gasteiger partial charge in [0.05, 0.1) is 7.11 Å². The van der Waals surface area contributed by atoms with Crippen molar-refractivity contribution in [1.29, 1.82) is 0 Å². The lowest BCUT2D eigenvalue weighted by atomic mass is 10.1. The Kier molecular flexibility index (Phi) is 7.56. The number of carbonyl (C=O) groups excluding carboxylic acids is 1. The zero-order chi connectivity index (χ0) is 14.1. The summed E-state index contributed by atoms with van der Waals surface area (Å²) in [6, 6.07) is 7.84. The van der Waals surface area contributed by atoms with Gasteiger partial charge in [0, 0.05) is 17.8 Å². The van der Waals surface area contributed by atoms with Crippen LogP contribution in [0.25, 0.3) is 0 Å². The van der Waals surface area contributed by atoms with Crippen molar-refractivity contribution in [3.05, 3.63) is 29.8 Å². The highest BCUT2D eigenvalue weighted by Gasteiger charge is 2.03. The van der Waals surface area contributed by atoms with Gasteiger partial charge in [-0.25, -0.2) is 0 Å². The van der Waals surface area contributed by atoms with Crippen molar-refractivity contribution in [3.8, 4) is 5.75 Å². The second kappa shape index (κ2) is 8.97. The van der Waals surface area contributed by atoms with Crippen LogP contribution in [0.1, 0.15) is 31.7 Å². The van der Waals surface area contributed by atoms with E-state index in [0.29, 0.717) is 11.2 Å². The molecule has 1 aromatic carbocycles. The van der Waals surface area contributed by atoms with Gasteiger partial charge in [-0.15, -0.1) is 0 Å². The van der Waals surface area contributed by atoms with Gasteiger partial charge in [-0.3, -0.25) is 4.79 Å². The number of hydrogen-bond donors (Lipinski definition) is 1. The number of nitrogens with one attached hydrogen (secondary N) is 1. The van der Waals surface area contributed by atoms with Crippen molar-refractivity contribution in [2.75, 3.05) is 13.7 Å². The van der Waals surface area contributed by atoms with Crippen LogP contribution in [0.4, 0.5) is 0 Å². The van der Waals surface area contributed by atoms with Gasteiger partial charge in [0.15, 0.2) is 0 Å². The van der Waals surface area contributed by atoms with Crippen LogP contribution in [0.2, 0.25) is 0 Å². The highest BCUT2D eigenvalue weighted by molar-refractivity contribution is 9.09. The molecule has 0 aliphatic heterocycles. The SMILES string of the molecule is COc1ccc(CCC(=O)NCCCC(C)Br)cc1. The molecular formula is C15H22BrNO2. The van der Waals surface area contributed by atoms with Crippen LogP contribution in [-0.2, 0) is 11.2 Å². The van der Waals surface area contributed by atoms with Crippen molar-refractivity contribution in [2.45, 2.75) is 37.4 Å². The Balaban J connectivity index is 2.18. The second-order valence-corrected chi connectivity index (χ2v) is 6.18. The zero-order valence-corrected chi connectivity index (χ0v) is 13.2. The van der Waals surface area contributed by atoms with Gasteiger partial charge in [0.1, 0.15) is 5.75 Å². The van der Waals surface area contributed by atoms with E-state index in [1.54, 1.807) is 7.11 Å². The first-order valence-electron chi connectivity index (χ1n) is 6.65. The minimum absolute atomic E-state index is 0.123. The molecule has 19 heavy (non-hydrogen) atoms. The molecule has 1 aromatic rings. The summed E-state index contributed by atoms with van der Waals surface area (Å²) in [5.74, 6) is 0.968. The van der Waals surface area contributed by atoms with Gasteiger partial charge in [-0.2, -0.15) is 0 Å². The van der Waals surface area contributed by atoms with Crippen LogP contribution >= 0.6 is 15.9 Å². The molecule has 0 aliphatic carbocycles. The molecule has 1 N–H and O–H groups in total. The summed E-state index contributed by atoms with van der Waals surface area (Å²) in [6.07, 6.45) is 3.40. The summed E-state index contributed by atoms with van der Waals surface area (Å²) in [5.41, 5.74) is 1.16. The number of carbonyl (C=O) groups is 1. The van der Waals surface area contributed by atoms with Gasteiger partial charge >= 0.3 is 0 Å². The molecule has 0 saturated carbocycles. The fourth-order valence-corrected chi connectivity index (χ4v) is 2.07. The van der Waals surface area contributed by atoms with Crippen LogP contribution in [0, 0.1) is 0 Å². The van der Waals surface area contributed by atoms with E-state index >= 15 is 0 Å². The fourth-order valence-electron chi connectivity index (χ4n) is 1.75. The van der Waals surface area contributed by atoms with E-state index < -0.39 is 0 Å². The molecule has 1 unspecified atom stereocenters. The van der Waals surface area contributed by atoms with Crippen molar-refractivity contribution >= 4 is 21.8 Å². The van der Waals surface area contributed by atoms with Crippen molar-refractivity contribution in [3.63, 3.8) is 0 Å². The summed E-state index contributed by atoms with van der Waals surface area (Å²) in [7, 11) is 1.65. The summed E-state index contributed by atoms with van der Waals surface area (Å²) >= 11 is 3.49. The lowest BCUT2D eigenvalue weighted by Gasteiger charge is -2.07. The van der Waals surface area contributed by atoms with Gasteiger partial charge in [-0.1, -0.05) is 35.0 Å². The number of methoxy groups -OCH3 is 1. The Morgan fingerprint density at radius 2 is 2.05 bits per heavy atom. The first kappa shape index (κ1) is 16.0. The zero-order valence-electron chi connectivity index (χ0n) is 11.6. The standard InChI is InChI=1S/C15H22BrNO2/c1-12(16)4-3-11-17-15(18)10-7-13-5-8-14(19-2)9-6-13/h5-6,8-9,12H,3-4,7,10-11H2,1-2H3,(H,17,18). The number of alkyl halides is 1. The Bertz CT molecular complexity index is 376. The van der Waals surface area contributed by atoms with E-state index in [4.69, 9.17) is 4.74 Å². The summed E-state index contributed by atoms with van der Waals surface area (Å²) in [6.45, 7) is 2.88. The fraction of sp³-hybridized carbons (Fsp3) is 0.533. The van der Waals surface area contributed by atoms with Crippen molar-refractivity contribution < 1.29 is 9.53 Å². The largest absolute Gasteiger partial charge is 0.497 e. The molecule has 1 rings (SSSR count). The predicted molar refractivity (Wildman–Crippen MR) is 81.9 cm³/mol. The summed E-state index contributed by atoms with van der Waals surface area (Å²) in [4.78, 5) is 12.2. The molecule has 0 aromatic heterocycles. The summed E-state index contributed by atoms with van der Waals surface area (Å²) in [5, 5.41) is 2.95. The van der Waals surface area contributed by atoms with Crippen molar-refractivity contribution in [1.82, 2.24) is 5.32 Å². The molecule has 1 amide bonds. The second-order valence-electron chi connectivity index (χ2n) is 4.62. The number of hydrogen-bond acceptors (Lipinski definition) is 2.